The van der Waals surface area contributed by atoms with Gasteiger partial charge in [-0.1, -0.05) is 42.5 Å². The van der Waals surface area contributed by atoms with Gasteiger partial charge in [-0.15, -0.1) is 6.58 Å². The average Bonchev–Trinajstić information content (AvgIpc) is 2.85. The zero-order valence-electron chi connectivity index (χ0n) is 19.1. The van der Waals surface area contributed by atoms with Crippen LogP contribution in [0, 0.1) is 0 Å². The van der Waals surface area contributed by atoms with Crippen molar-refractivity contribution >= 4 is 11.9 Å². The van der Waals surface area contributed by atoms with E-state index in [1.807, 2.05) is 0 Å². The minimum Gasteiger partial charge on any atom is -0.452 e. The molecule has 0 saturated carbocycles. The fraction of sp³-hybridized carbons (Fsp3) is 0.385. The van der Waals surface area contributed by atoms with E-state index in [9.17, 15) is 9.59 Å². The molecule has 4 rings (SSSR count). The summed E-state index contributed by atoms with van der Waals surface area (Å²) in [5, 5.41) is 0. The first-order valence-corrected chi connectivity index (χ1v) is 11.1. The van der Waals surface area contributed by atoms with E-state index < -0.39 is 48.4 Å². The third kappa shape index (κ3) is 5.53. The lowest BCUT2D eigenvalue weighted by atomic mass is 9.96. The standard InChI is InChI=1S/C26H28O8/c1-4-15-29-25-22(33-24(28)18-13-9-6-10-14-18)21(32-23(27)17-11-7-5-8-12-17)20-19(31-25)16-30-26(2,3)34-20/h4-14,19-22,25H,1,15-16H2,2-3H3. The normalized spacial score (nSPS) is 27.8. The highest BCUT2D eigenvalue weighted by Gasteiger charge is 2.55. The minimum atomic E-state index is -1.10. The highest BCUT2D eigenvalue weighted by Crippen LogP contribution is 2.36. The first-order chi connectivity index (χ1) is 16.4. The maximum Gasteiger partial charge on any atom is 0.338 e. The summed E-state index contributed by atoms with van der Waals surface area (Å²) in [6.45, 7) is 7.49. The van der Waals surface area contributed by atoms with Crippen LogP contribution in [0.3, 0.4) is 0 Å². The van der Waals surface area contributed by atoms with Gasteiger partial charge in [0.05, 0.1) is 24.3 Å². The lowest BCUT2D eigenvalue weighted by Gasteiger charge is -2.50. The fourth-order valence-electron chi connectivity index (χ4n) is 3.89. The van der Waals surface area contributed by atoms with E-state index in [0.717, 1.165) is 0 Å². The second-order valence-electron chi connectivity index (χ2n) is 8.43. The van der Waals surface area contributed by atoms with Gasteiger partial charge in [-0.2, -0.15) is 0 Å². The molecule has 2 aromatic carbocycles. The molecule has 0 radical (unpaired) electrons. The molecule has 2 fully saturated rings. The summed E-state index contributed by atoms with van der Waals surface area (Å²) in [5.41, 5.74) is 0.696. The van der Waals surface area contributed by atoms with Crippen LogP contribution in [0.2, 0.25) is 0 Å². The van der Waals surface area contributed by atoms with Crippen molar-refractivity contribution < 1.29 is 38.0 Å². The van der Waals surface area contributed by atoms with Crippen molar-refractivity contribution in [3.63, 3.8) is 0 Å². The molecular weight excluding hydrogens is 440 g/mol. The van der Waals surface area contributed by atoms with E-state index in [4.69, 9.17) is 28.4 Å². The van der Waals surface area contributed by atoms with Crippen LogP contribution in [-0.4, -0.2) is 61.6 Å². The summed E-state index contributed by atoms with van der Waals surface area (Å²) < 4.78 is 35.4. The molecule has 2 heterocycles. The monoisotopic (exact) mass is 468 g/mol. The Bertz CT molecular complexity index is 990. The van der Waals surface area contributed by atoms with Crippen LogP contribution in [0.15, 0.2) is 73.3 Å². The van der Waals surface area contributed by atoms with Crippen molar-refractivity contribution in [1.29, 1.82) is 0 Å². The number of hydrogen-bond donors (Lipinski definition) is 0. The highest BCUT2D eigenvalue weighted by molar-refractivity contribution is 5.90. The van der Waals surface area contributed by atoms with E-state index in [1.165, 1.54) is 0 Å². The Morgan fingerprint density at radius 2 is 1.53 bits per heavy atom. The van der Waals surface area contributed by atoms with E-state index in [2.05, 4.69) is 6.58 Å². The number of fused-ring (bicyclic) bond motifs is 1. The molecule has 8 heteroatoms. The molecule has 5 atom stereocenters. The van der Waals surface area contributed by atoms with Crippen LogP contribution in [-0.2, 0) is 28.4 Å². The molecular formula is C26H28O8. The Kier molecular flexibility index (Phi) is 7.43. The summed E-state index contributed by atoms with van der Waals surface area (Å²) in [6, 6.07) is 17.1. The molecule has 2 aromatic rings. The summed E-state index contributed by atoms with van der Waals surface area (Å²) in [6.07, 6.45) is -2.97. The lowest BCUT2D eigenvalue weighted by Crippen LogP contribution is -2.66. The Morgan fingerprint density at radius 1 is 0.971 bits per heavy atom. The Morgan fingerprint density at radius 3 is 2.09 bits per heavy atom. The third-order valence-electron chi connectivity index (χ3n) is 5.49. The number of benzene rings is 2. The molecule has 0 spiro atoms. The van der Waals surface area contributed by atoms with Crippen LogP contribution in [0.1, 0.15) is 34.6 Å². The van der Waals surface area contributed by atoms with Crippen molar-refractivity contribution in [3.05, 3.63) is 84.4 Å². The van der Waals surface area contributed by atoms with Gasteiger partial charge < -0.3 is 28.4 Å². The van der Waals surface area contributed by atoms with Gasteiger partial charge >= 0.3 is 11.9 Å². The summed E-state index contributed by atoms with van der Waals surface area (Å²) in [4.78, 5) is 26.0. The Balaban J connectivity index is 1.67. The van der Waals surface area contributed by atoms with E-state index in [-0.39, 0.29) is 13.2 Å². The molecule has 180 valence electrons. The maximum atomic E-state index is 13.0. The first kappa shape index (κ1) is 24.1. The number of ether oxygens (including phenoxy) is 6. The average molecular weight is 469 g/mol. The Hall–Kier alpha value is -3.04. The number of hydrogen-bond acceptors (Lipinski definition) is 8. The van der Waals surface area contributed by atoms with Crippen LogP contribution in [0.4, 0.5) is 0 Å². The largest absolute Gasteiger partial charge is 0.452 e. The molecule has 34 heavy (non-hydrogen) atoms. The van der Waals surface area contributed by atoms with E-state index >= 15 is 0 Å². The van der Waals surface area contributed by atoms with Gasteiger partial charge in [0.15, 0.2) is 24.3 Å². The highest BCUT2D eigenvalue weighted by atomic mass is 16.8. The number of carbonyl (C=O) groups is 2. The lowest BCUT2D eigenvalue weighted by molar-refractivity contribution is -0.379. The van der Waals surface area contributed by atoms with Crippen LogP contribution in [0.25, 0.3) is 0 Å². The van der Waals surface area contributed by atoms with Gasteiger partial charge in [0.1, 0.15) is 12.2 Å². The summed E-state index contributed by atoms with van der Waals surface area (Å²) in [5.74, 6) is -2.14. The van der Waals surface area contributed by atoms with Crippen LogP contribution in [0.5, 0.6) is 0 Å². The molecule has 2 aliphatic rings. The third-order valence-corrected chi connectivity index (χ3v) is 5.49. The summed E-state index contributed by atoms with van der Waals surface area (Å²) >= 11 is 0. The van der Waals surface area contributed by atoms with Gasteiger partial charge in [0.2, 0.25) is 0 Å². The van der Waals surface area contributed by atoms with Gasteiger partial charge in [-0.3, -0.25) is 0 Å². The maximum absolute atomic E-state index is 13.0. The second-order valence-corrected chi connectivity index (χ2v) is 8.43. The topological polar surface area (TPSA) is 89.5 Å². The molecule has 5 unspecified atom stereocenters. The second kappa shape index (κ2) is 10.5. The molecule has 0 N–H and O–H groups in total. The molecule has 0 bridgehead atoms. The summed E-state index contributed by atoms with van der Waals surface area (Å²) in [7, 11) is 0. The number of carbonyl (C=O) groups excluding carboxylic acids is 2. The van der Waals surface area contributed by atoms with Crippen molar-refractivity contribution in [2.75, 3.05) is 13.2 Å². The molecule has 0 aromatic heterocycles. The number of esters is 2. The molecule has 8 nitrogen and oxygen atoms in total. The zero-order chi connectivity index (χ0) is 24.1. The predicted molar refractivity (Wildman–Crippen MR) is 121 cm³/mol. The van der Waals surface area contributed by atoms with E-state index in [0.29, 0.717) is 11.1 Å². The first-order valence-electron chi connectivity index (χ1n) is 11.1. The van der Waals surface area contributed by atoms with Crippen LogP contribution >= 0.6 is 0 Å². The van der Waals surface area contributed by atoms with Crippen molar-refractivity contribution in [2.45, 2.75) is 50.3 Å². The SMILES string of the molecule is C=CCOC1OC2COC(C)(C)OC2C(OC(=O)c2ccccc2)C1OC(=O)c1ccccc1. The molecule has 2 saturated heterocycles. The quantitative estimate of drug-likeness (QED) is 0.451. The molecule has 0 aliphatic carbocycles. The van der Waals surface area contributed by atoms with Crippen LogP contribution < -0.4 is 0 Å². The number of rotatable bonds is 7. The van der Waals surface area contributed by atoms with Crippen molar-refractivity contribution in [2.24, 2.45) is 0 Å². The predicted octanol–water partition coefficient (Wildman–Crippen LogP) is 3.52. The smallest absolute Gasteiger partial charge is 0.338 e. The zero-order valence-corrected chi connectivity index (χ0v) is 19.1. The Labute approximate surface area is 198 Å². The molecule has 2 aliphatic heterocycles. The van der Waals surface area contributed by atoms with Gasteiger partial charge in [0.25, 0.3) is 0 Å². The van der Waals surface area contributed by atoms with Crippen molar-refractivity contribution in [3.8, 4) is 0 Å². The molecule has 0 amide bonds. The fourth-order valence-corrected chi connectivity index (χ4v) is 3.89. The van der Waals surface area contributed by atoms with Gasteiger partial charge in [0, 0.05) is 0 Å². The minimum absolute atomic E-state index is 0.133. The van der Waals surface area contributed by atoms with Crippen molar-refractivity contribution in [1.82, 2.24) is 0 Å². The van der Waals surface area contributed by atoms with Gasteiger partial charge in [-0.05, 0) is 38.1 Å². The van der Waals surface area contributed by atoms with Gasteiger partial charge in [-0.25, -0.2) is 9.59 Å². The van der Waals surface area contributed by atoms with E-state index in [1.54, 1.807) is 80.6 Å².